The van der Waals surface area contributed by atoms with Crippen molar-refractivity contribution in [3.63, 3.8) is 0 Å². The molecule has 0 bridgehead atoms. The van der Waals surface area contributed by atoms with Gasteiger partial charge in [0.05, 0.1) is 27.1 Å². The zero-order valence-corrected chi connectivity index (χ0v) is 10.1. The van der Waals surface area contributed by atoms with Crippen LogP contribution in [0.2, 0.25) is 10.0 Å². The van der Waals surface area contributed by atoms with Gasteiger partial charge in [0.1, 0.15) is 0 Å². The molecule has 1 aromatic carbocycles. The van der Waals surface area contributed by atoms with Gasteiger partial charge < -0.3 is 5.73 Å². The largest absolute Gasteiger partial charge is 0.325 e. The molecule has 0 aliphatic rings. The van der Waals surface area contributed by atoms with E-state index in [1.54, 1.807) is 10.7 Å². The summed E-state index contributed by atoms with van der Waals surface area (Å²) < 4.78 is 1.64. The fraction of sp³-hybridized carbons (Fsp3) is 0.200. The molecule has 0 aliphatic carbocycles. The second-order valence-electron chi connectivity index (χ2n) is 3.31. The van der Waals surface area contributed by atoms with Gasteiger partial charge in [-0.05, 0) is 19.1 Å². The first kappa shape index (κ1) is 11.4. The highest BCUT2D eigenvalue weighted by atomic mass is 35.5. The number of nitrogens with two attached hydrogens (primary N) is 1. The number of hydrogen-bond donors (Lipinski definition) is 1. The zero-order valence-electron chi connectivity index (χ0n) is 8.61. The normalized spacial score (nSPS) is 10.8. The highest BCUT2D eigenvalue weighted by Crippen LogP contribution is 2.28. The van der Waals surface area contributed by atoms with E-state index in [4.69, 9.17) is 28.9 Å². The Hall–Kier alpha value is -1.10. The van der Waals surface area contributed by atoms with Crippen LogP contribution in [0, 0.1) is 6.92 Å². The number of benzene rings is 1. The summed E-state index contributed by atoms with van der Waals surface area (Å²) in [6, 6.07) is 5.37. The molecule has 0 aliphatic heterocycles. The summed E-state index contributed by atoms with van der Waals surface area (Å²) in [5.74, 6) is 0. The summed E-state index contributed by atoms with van der Waals surface area (Å²) in [6.07, 6.45) is 0. The lowest BCUT2D eigenvalue weighted by Crippen LogP contribution is -2.02. The Morgan fingerprint density at radius 3 is 2.75 bits per heavy atom. The maximum atomic E-state index is 6.10. The molecule has 0 atom stereocenters. The van der Waals surface area contributed by atoms with Crippen molar-refractivity contribution in [2.75, 3.05) is 0 Å². The Kier molecular flexibility index (Phi) is 3.14. The third kappa shape index (κ3) is 1.80. The first-order valence-electron chi connectivity index (χ1n) is 4.70. The second kappa shape index (κ2) is 4.41. The van der Waals surface area contributed by atoms with E-state index in [9.17, 15) is 0 Å². The van der Waals surface area contributed by atoms with Crippen molar-refractivity contribution in [1.29, 1.82) is 0 Å². The molecular weight excluding hydrogens is 247 g/mol. The maximum absolute atomic E-state index is 6.10. The average Bonchev–Trinajstić information content (AvgIpc) is 2.64. The first-order valence-corrected chi connectivity index (χ1v) is 5.46. The molecule has 0 saturated heterocycles. The molecule has 0 spiro atoms. The summed E-state index contributed by atoms with van der Waals surface area (Å²) in [6.45, 7) is 2.24. The van der Waals surface area contributed by atoms with Crippen molar-refractivity contribution in [3.8, 4) is 5.69 Å². The predicted molar refractivity (Wildman–Crippen MR) is 64.0 cm³/mol. The summed E-state index contributed by atoms with van der Waals surface area (Å²) in [4.78, 5) is 0. The van der Waals surface area contributed by atoms with Crippen molar-refractivity contribution in [2.45, 2.75) is 13.5 Å². The molecule has 84 valence electrons. The van der Waals surface area contributed by atoms with E-state index in [2.05, 4.69) is 10.3 Å². The van der Waals surface area contributed by atoms with Gasteiger partial charge >= 0.3 is 0 Å². The van der Waals surface area contributed by atoms with E-state index >= 15 is 0 Å². The van der Waals surface area contributed by atoms with Gasteiger partial charge in [-0.3, -0.25) is 0 Å². The van der Waals surface area contributed by atoms with Crippen molar-refractivity contribution in [1.82, 2.24) is 15.0 Å². The fourth-order valence-electron chi connectivity index (χ4n) is 1.43. The molecule has 4 nitrogen and oxygen atoms in total. The van der Waals surface area contributed by atoms with Crippen molar-refractivity contribution >= 4 is 23.2 Å². The zero-order chi connectivity index (χ0) is 11.7. The molecule has 16 heavy (non-hydrogen) atoms. The van der Waals surface area contributed by atoms with Crippen LogP contribution in [0.5, 0.6) is 0 Å². The van der Waals surface area contributed by atoms with E-state index in [1.165, 1.54) is 0 Å². The topological polar surface area (TPSA) is 56.7 Å². The molecule has 6 heteroatoms. The molecule has 1 heterocycles. The van der Waals surface area contributed by atoms with Crippen LogP contribution in [0.3, 0.4) is 0 Å². The van der Waals surface area contributed by atoms with Crippen LogP contribution in [0.15, 0.2) is 18.2 Å². The van der Waals surface area contributed by atoms with E-state index < -0.39 is 0 Å². The van der Waals surface area contributed by atoms with Gasteiger partial charge in [0.25, 0.3) is 0 Å². The Morgan fingerprint density at radius 2 is 2.12 bits per heavy atom. The number of rotatable bonds is 2. The third-order valence-electron chi connectivity index (χ3n) is 2.34. The molecule has 2 N–H and O–H groups in total. The fourth-order valence-corrected chi connectivity index (χ4v) is 1.81. The van der Waals surface area contributed by atoms with Crippen LogP contribution in [0.25, 0.3) is 5.69 Å². The van der Waals surface area contributed by atoms with Crippen LogP contribution >= 0.6 is 23.2 Å². The van der Waals surface area contributed by atoms with Gasteiger partial charge in [-0.1, -0.05) is 34.5 Å². The number of nitrogens with zero attached hydrogens (tertiary/aromatic N) is 3. The lowest BCUT2D eigenvalue weighted by atomic mass is 10.3. The number of hydrogen-bond acceptors (Lipinski definition) is 3. The summed E-state index contributed by atoms with van der Waals surface area (Å²) in [5.41, 5.74) is 7.86. The highest BCUT2D eigenvalue weighted by Gasteiger charge is 2.12. The standard InChI is InChI=1S/C10H10Cl2N4/c1-6-8(5-13)14-15-16(6)9-4-2-3-7(11)10(9)12/h2-4H,5,13H2,1H3. The van der Waals surface area contributed by atoms with Gasteiger partial charge in [-0.25, -0.2) is 4.68 Å². The molecule has 0 radical (unpaired) electrons. The lowest BCUT2D eigenvalue weighted by Gasteiger charge is -2.06. The average molecular weight is 257 g/mol. The quantitative estimate of drug-likeness (QED) is 0.898. The van der Waals surface area contributed by atoms with Crippen LogP contribution in [-0.2, 0) is 6.54 Å². The molecule has 0 saturated carbocycles. The summed E-state index contributed by atoms with van der Waals surface area (Å²) in [5, 5.41) is 8.92. The molecular formula is C10H10Cl2N4. The minimum absolute atomic E-state index is 0.351. The number of halogens is 2. The van der Waals surface area contributed by atoms with Crippen LogP contribution < -0.4 is 5.73 Å². The summed E-state index contributed by atoms with van der Waals surface area (Å²) >= 11 is 12.0. The van der Waals surface area contributed by atoms with Gasteiger partial charge in [-0.2, -0.15) is 0 Å². The Bertz CT molecular complexity index is 522. The Balaban J connectivity index is 2.59. The van der Waals surface area contributed by atoms with Crippen LogP contribution in [0.1, 0.15) is 11.4 Å². The third-order valence-corrected chi connectivity index (χ3v) is 3.15. The minimum atomic E-state index is 0.351. The van der Waals surface area contributed by atoms with Crippen molar-refractivity contribution in [3.05, 3.63) is 39.6 Å². The summed E-state index contributed by atoms with van der Waals surface area (Å²) in [7, 11) is 0. The molecule has 2 rings (SSSR count). The Morgan fingerprint density at radius 1 is 1.38 bits per heavy atom. The molecule has 0 fully saturated rings. The molecule has 0 amide bonds. The van der Waals surface area contributed by atoms with Crippen molar-refractivity contribution < 1.29 is 0 Å². The van der Waals surface area contributed by atoms with Crippen LogP contribution in [-0.4, -0.2) is 15.0 Å². The van der Waals surface area contributed by atoms with E-state index in [0.717, 1.165) is 11.4 Å². The smallest absolute Gasteiger partial charge is 0.0996 e. The molecule has 0 unspecified atom stereocenters. The molecule has 1 aromatic heterocycles. The first-order chi connectivity index (χ1) is 7.65. The van der Waals surface area contributed by atoms with Gasteiger partial charge in [0.2, 0.25) is 0 Å². The Labute approximate surface area is 103 Å². The maximum Gasteiger partial charge on any atom is 0.0996 e. The highest BCUT2D eigenvalue weighted by molar-refractivity contribution is 6.43. The van der Waals surface area contributed by atoms with E-state index in [0.29, 0.717) is 22.3 Å². The predicted octanol–water partition coefficient (Wildman–Crippen LogP) is 2.34. The minimum Gasteiger partial charge on any atom is -0.325 e. The van der Waals surface area contributed by atoms with Crippen LogP contribution in [0.4, 0.5) is 0 Å². The van der Waals surface area contributed by atoms with Gasteiger partial charge in [-0.15, -0.1) is 5.10 Å². The van der Waals surface area contributed by atoms with Gasteiger partial charge in [0.15, 0.2) is 0 Å². The monoisotopic (exact) mass is 256 g/mol. The van der Waals surface area contributed by atoms with Gasteiger partial charge in [0, 0.05) is 6.54 Å². The van der Waals surface area contributed by atoms with Crippen molar-refractivity contribution in [2.24, 2.45) is 5.73 Å². The van der Waals surface area contributed by atoms with E-state index in [1.807, 2.05) is 19.1 Å². The second-order valence-corrected chi connectivity index (χ2v) is 4.10. The molecule has 2 aromatic rings. The SMILES string of the molecule is Cc1c(CN)nnn1-c1cccc(Cl)c1Cl. The number of aromatic nitrogens is 3. The van der Waals surface area contributed by atoms with E-state index in [-0.39, 0.29) is 0 Å². The lowest BCUT2D eigenvalue weighted by molar-refractivity contribution is 0.783.